The Kier molecular flexibility index (Phi) is 3.38. The molecule has 0 spiro atoms. The number of Topliss-reactive ketones (excluding diaryl/α,β-unsaturated/α-hetero) is 1. The van der Waals surface area contributed by atoms with Crippen molar-refractivity contribution in [3.8, 4) is 0 Å². The third-order valence-corrected chi connectivity index (χ3v) is 3.24. The lowest BCUT2D eigenvalue weighted by atomic mass is 10.1. The van der Waals surface area contributed by atoms with Gasteiger partial charge >= 0.3 is 0 Å². The lowest BCUT2D eigenvalue weighted by Gasteiger charge is -2.19. The zero-order valence-electron chi connectivity index (χ0n) is 11.3. The highest BCUT2D eigenvalue weighted by atomic mass is 16.2. The maximum Gasteiger partial charge on any atom is 0.299 e. The molecule has 1 heterocycles. The number of carbonyl (C=O) groups is 3. The van der Waals surface area contributed by atoms with Crippen LogP contribution in [0.3, 0.4) is 0 Å². The predicted molar refractivity (Wildman–Crippen MR) is 71.2 cm³/mol. The molecule has 2 amide bonds. The molecule has 19 heavy (non-hydrogen) atoms. The van der Waals surface area contributed by atoms with Gasteiger partial charge in [0.2, 0.25) is 5.91 Å². The maximum absolute atomic E-state index is 11.9. The molecule has 5 heteroatoms. The van der Waals surface area contributed by atoms with Crippen LogP contribution in [-0.2, 0) is 9.59 Å². The quantitative estimate of drug-likeness (QED) is 0.762. The maximum atomic E-state index is 11.9. The number of benzene rings is 1. The van der Waals surface area contributed by atoms with Gasteiger partial charge in [-0.1, -0.05) is 12.1 Å². The molecule has 5 nitrogen and oxygen atoms in total. The summed E-state index contributed by atoms with van der Waals surface area (Å²) in [6.07, 6.45) is 0.208. The highest BCUT2D eigenvalue weighted by Crippen LogP contribution is 2.32. The number of aryl methyl sites for hydroxylation is 1. The molecule has 1 aromatic carbocycles. The Morgan fingerprint density at radius 3 is 2.58 bits per heavy atom. The molecular weight excluding hydrogens is 244 g/mol. The van der Waals surface area contributed by atoms with Crippen LogP contribution in [-0.4, -0.2) is 43.1 Å². The summed E-state index contributed by atoms with van der Waals surface area (Å²) in [5.41, 5.74) is 1.94. The summed E-state index contributed by atoms with van der Waals surface area (Å²) in [7, 11) is 3.33. The predicted octanol–water partition coefficient (Wildman–Crippen LogP) is 1.00. The van der Waals surface area contributed by atoms with Crippen LogP contribution < -0.4 is 4.90 Å². The molecule has 2 rings (SSSR count). The van der Waals surface area contributed by atoms with E-state index in [9.17, 15) is 14.4 Å². The lowest BCUT2D eigenvalue weighted by Crippen LogP contribution is -2.34. The summed E-state index contributed by atoms with van der Waals surface area (Å²) in [4.78, 5) is 38.3. The molecule has 1 aliphatic heterocycles. The molecule has 0 radical (unpaired) electrons. The third kappa shape index (κ3) is 2.23. The van der Waals surface area contributed by atoms with E-state index in [1.807, 2.05) is 13.0 Å². The number of ketones is 1. The van der Waals surface area contributed by atoms with Crippen molar-refractivity contribution in [3.63, 3.8) is 0 Å². The van der Waals surface area contributed by atoms with Crippen molar-refractivity contribution < 1.29 is 14.4 Å². The molecule has 1 aliphatic rings. The molecule has 0 unspecified atom stereocenters. The molecule has 0 aromatic heterocycles. The second-order valence-corrected chi connectivity index (χ2v) is 4.80. The summed E-state index contributed by atoms with van der Waals surface area (Å²) in [5, 5.41) is 0. The number of hydrogen-bond acceptors (Lipinski definition) is 3. The van der Waals surface area contributed by atoms with Crippen LogP contribution in [0, 0.1) is 6.92 Å². The van der Waals surface area contributed by atoms with Gasteiger partial charge in [-0.2, -0.15) is 0 Å². The number of para-hydroxylation sites is 1. The molecule has 100 valence electrons. The van der Waals surface area contributed by atoms with Crippen LogP contribution in [0.25, 0.3) is 0 Å². The summed E-state index contributed by atoms with van der Waals surface area (Å²) in [5.74, 6) is -1.10. The van der Waals surface area contributed by atoms with Gasteiger partial charge in [0.15, 0.2) is 0 Å². The molecular formula is C14H16N2O3. The number of fused-ring (bicyclic) bond motifs is 1. The van der Waals surface area contributed by atoms with E-state index in [-0.39, 0.29) is 18.9 Å². The number of amides is 2. The number of nitrogens with zero attached hydrogens (tertiary/aromatic N) is 2. The Hall–Kier alpha value is -2.17. The molecule has 0 fully saturated rings. The van der Waals surface area contributed by atoms with Crippen LogP contribution in [0.4, 0.5) is 5.69 Å². The lowest BCUT2D eigenvalue weighted by molar-refractivity contribution is -0.128. The fourth-order valence-electron chi connectivity index (χ4n) is 2.18. The van der Waals surface area contributed by atoms with Gasteiger partial charge in [-0.05, 0) is 18.6 Å². The standard InChI is InChI=1S/C14H16N2O3/c1-9-5-4-6-10-12(9)16(14(19)13(10)18)8-7-11(17)15(2)3/h4-6H,7-8H2,1-3H3. The molecule has 0 saturated heterocycles. The Morgan fingerprint density at radius 2 is 1.95 bits per heavy atom. The Labute approximate surface area is 111 Å². The smallest absolute Gasteiger partial charge is 0.299 e. The first kappa shape index (κ1) is 13.3. The van der Waals surface area contributed by atoms with E-state index in [1.54, 1.807) is 26.2 Å². The topological polar surface area (TPSA) is 57.7 Å². The van der Waals surface area contributed by atoms with Crippen molar-refractivity contribution in [1.29, 1.82) is 0 Å². The van der Waals surface area contributed by atoms with Crippen LogP contribution in [0.5, 0.6) is 0 Å². The highest BCUT2D eigenvalue weighted by Gasteiger charge is 2.36. The number of carbonyl (C=O) groups excluding carboxylic acids is 3. The fraction of sp³-hybridized carbons (Fsp3) is 0.357. The van der Waals surface area contributed by atoms with E-state index in [1.165, 1.54) is 9.80 Å². The van der Waals surface area contributed by atoms with Crippen LogP contribution in [0.2, 0.25) is 0 Å². The van der Waals surface area contributed by atoms with E-state index in [0.717, 1.165) is 5.56 Å². The van der Waals surface area contributed by atoms with Gasteiger partial charge in [-0.3, -0.25) is 14.4 Å². The first-order chi connectivity index (χ1) is 8.93. The summed E-state index contributed by atoms with van der Waals surface area (Å²) in [6.45, 7) is 2.09. The molecule has 0 N–H and O–H groups in total. The normalized spacial score (nSPS) is 13.7. The number of anilines is 1. The summed E-state index contributed by atoms with van der Waals surface area (Å²) >= 11 is 0. The second-order valence-electron chi connectivity index (χ2n) is 4.80. The van der Waals surface area contributed by atoms with Gasteiger partial charge in [-0.25, -0.2) is 0 Å². The van der Waals surface area contributed by atoms with E-state index >= 15 is 0 Å². The number of hydrogen-bond donors (Lipinski definition) is 0. The van der Waals surface area contributed by atoms with Gasteiger partial charge in [0.05, 0.1) is 11.3 Å². The molecule has 0 bridgehead atoms. The van der Waals surface area contributed by atoms with Gasteiger partial charge in [0.1, 0.15) is 0 Å². The van der Waals surface area contributed by atoms with Crippen molar-refractivity contribution in [2.24, 2.45) is 0 Å². The minimum atomic E-state index is -0.546. The van der Waals surface area contributed by atoms with Gasteiger partial charge < -0.3 is 9.80 Å². The van der Waals surface area contributed by atoms with Crippen LogP contribution in [0.15, 0.2) is 18.2 Å². The van der Waals surface area contributed by atoms with E-state index in [4.69, 9.17) is 0 Å². The van der Waals surface area contributed by atoms with Crippen molar-refractivity contribution in [1.82, 2.24) is 4.90 Å². The van der Waals surface area contributed by atoms with Crippen molar-refractivity contribution >= 4 is 23.3 Å². The monoisotopic (exact) mass is 260 g/mol. The van der Waals surface area contributed by atoms with E-state index in [0.29, 0.717) is 11.3 Å². The minimum absolute atomic E-state index is 0.0673. The van der Waals surface area contributed by atoms with Crippen molar-refractivity contribution in [2.45, 2.75) is 13.3 Å². The average Bonchev–Trinajstić information content (AvgIpc) is 2.61. The van der Waals surface area contributed by atoms with E-state index in [2.05, 4.69) is 0 Å². The number of rotatable bonds is 3. The average molecular weight is 260 g/mol. The second kappa shape index (κ2) is 4.84. The Balaban J connectivity index is 2.26. The van der Waals surface area contributed by atoms with Gasteiger partial charge in [0, 0.05) is 27.1 Å². The largest absolute Gasteiger partial charge is 0.349 e. The zero-order valence-corrected chi connectivity index (χ0v) is 11.3. The zero-order chi connectivity index (χ0) is 14.2. The Morgan fingerprint density at radius 1 is 1.26 bits per heavy atom. The van der Waals surface area contributed by atoms with Crippen LogP contribution >= 0.6 is 0 Å². The third-order valence-electron chi connectivity index (χ3n) is 3.24. The first-order valence-electron chi connectivity index (χ1n) is 6.09. The molecule has 0 aliphatic carbocycles. The molecule has 0 saturated carbocycles. The molecule has 1 aromatic rings. The van der Waals surface area contributed by atoms with Gasteiger partial charge in [-0.15, -0.1) is 0 Å². The van der Waals surface area contributed by atoms with Crippen molar-refractivity contribution in [3.05, 3.63) is 29.3 Å². The first-order valence-corrected chi connectivity index (χ1v) is 6.09. The van der Waals surface area contributed by atoms with Crippen LogP contribution in [0.1, 0.15) is 22.3 Å². The fourth-order valence-corrected chi connectivity index (χ4v) is 2.18. The summed E-state index contributed by atoms with van der Waals surface area (Å²) in [6, 6.07) is 5.26. The summed E-state index contributed by atoms with van der Waals surface area (Å²) < 4.78 is 0. The minimum Gasteiger partial charge on any atom is -0.349 e. The molecule has 0 atom stereocenters. The van der Waals surface area contributed by atoms with Crippen molar-refractivity contribution in [2.75, 3.05) is 25.5 Å². The van der Waals surface area contributed by atoms with E-state index < -0.39 is 11.7 Å². The highest BCUT2D eigenvalue weighted by molar-refractivity contribution is 6.52. The SMILES string of the molecule is Cc1cccc2c1N(CCC(=O)N(C)C)C(=O)C2=O. The van der Waals surface area contributed by atoms with Gasteiger partial charge in [0.25, 0.3) is 11.7 Å². The Bertz CT molecular complexity index is 564.